The van der Waals surface area contributed by atoms with Gasteiger partial charge < -0.3 is 14.6 Å². The van der Waals surface area contributed by atoms with Crippen LogP contribution in [-0.4, -0.2) is 18.5 Å². The number of hydrogen-bond donors (Lipinski definition) is 0. The molecule has 0 fully saturated rings. The number of aryl methyl sites for hydroxylation is 1. The van der Waals surface area contributed by atoms with Gasteiger partial charge in [-0.15, -0.1) is 0 Å². The molecule has 0 N–H and O–H groups in total. The highest BCUT2D eigenvalue weighted by Gasteiger charge is 2.14. The Balaban J connectivity index is 3.04. The maximum Gasteiger partial charge on any atom is 0.372 e. The van der Waals surface area contributed by atoms with Gasteiger partial charge in [-0.2, -0.15) is 4.57 Å². The second kappa shape index (κ2) is 6.62. The molecule has 17 heavy (non-hydrogen) atoms. The lowest BCUT2D eigenvalue weighted by atomic mass is 10.2. The molecule has 0 aromatic carbocycles. The Morgan fingerprint density at radius 1 is 1.53 bits per heavy atom. The number of aromatic nitrogens is 1. The highest BCUT2D eigenvalue weighted by atomic mass is 16.5. The van der Waals surface area contributed by atoms with E-state index >= 15 is 0 Å². The molecule has 0 amide bonds. The molecule has 0 unspecified atom stereocenters. The summed E-state index contributed by atoms with van der Waals surface area (Å²) >= 11 is 0. The van der Waals surface area contributed by atoms with Gasteiger partial charge in [0.05, 0.1) is 6.61 Å². The zero-order valence-electron chi connectivity index (χ0n) is 11.5. The van der Waals surface area contributed by atoms with Crippen molar-refractivity contribution in [3.63, 3.8) is 0 Å². The second-order valence-electron chi connectivity index (χ2n) is 3.27. The Labute approximate surface area is 102 Å². The van der Waals surface area contributed by atoms with Crippen molar-refractivity contribution in [2.24, 2.45) is 0 Å². The summed E-state index contributed by atoms with van der Waals surface area (Å²) < 4.78 is 21.3. The van der Waals surface area contributed by atoms with Crippen LogP contribution in [0.2, 0.25) is 0 Å². The smallest absolute Gasteiger partial charge is 0.372 e. The third kappa shape index (κ3) is 4.63. The molecule has 1 aromatic rings. The lowest BCUT2D eigenvalue weighted by molar-refractivity contribution is -0.693. The van der Waals surface area contributed by atoms with Gasteiger partial charge in [-0.1, -0.05) is 6.07 Å². The molecule has 1 heterocycles. The Morgan fingerprint density at radius 3 is 2.94 bits per heavy atom. The lowest BCUT2D eigenvalue weighted by Crippen LogP contribution is -2.42. The number of esters is 1. The van der Waals surface area contributed by atoms with Crippen LogP contribution in [0.25, 0.3) is 0 Å². The fourth-order valence-electron chi connectivity index (χ4n) is 1.28. The number of carbonyl (C=O) groups is 2. The molecule has 0 atom stereocenters. The van der Waals surface area contributed by atoms with Crippen molar-refractivity contribution in [3.05, 3.63) is 30.1 Å². The molecule has 1 rings (SSSR count). The van der Waals surface area contributed by atoms with Gasteiger partial charge in [-0.3, -0.25) is 0 Å². The molecule has 0 radical (unpaired) electrons. The van der Waals surface area contributed by atoms with Crippen molar-refractivity contribution in [2.75, 3.05) is 6.61 Å². The average Bonchev–Trinajstić information content (AvgIpc) is 2.37. The fourth-order valence-corrected chi connectivity index (χ4v) is 1.28. The van der Waals surface area contributed by atoms with Gasteiger partial charge in [0.1, 0.15) is 2.74 Å². The summed E-state index contributed by atoms with van der Waals surface area (Å²) in [6.45, 7) is -0.723. The van der Waals surface area contributed by atoms with E-state index in [-0.39, 0.29) is 19.4 Å². The van der Waals surface area contributed by atoms with Crippen LogP contribution in [0, 0.1) is 0 Å². The van der Waals surface area contributed by atoms with Gasteiger partial charge in [-0.25, -0.2) is 4.79 Å². The molecule has 0 spiro atoms. The molecule has 0 aliphatic rings. The molecular weight excluding hydrogens is 222 g/mol. The quantitative estimate of drug-likeness (QED) is 0.482. The molecule has 0 bridgehead atoms. The summed E-state index contributed by atoms with van der Waals surface area (Å²) in [6.07, 6.45) is 1.20. The highest BCUT2D eigenvalue weighted by molar-refractivity contribution is 5.67. The third-order valence-electron chi connectivity index (χ3n) is 2.02. The minimum absolute atomic E-state index is 0.0696. The Bertz CT molecular complexity index is 477. The maximum atomic E-state index is 11.6. The van der Waals surface area contributed by atoms with Crippen LogP contribution in [0.5, 0.6) is 0 Å². The number of aliphatic carboxylic acids is 1. The molecule has 0 aliphatic carbocycles. The Kier molecular flexibility index (Phi) is 4.00. The van der Waals surface area contributed by atoms with E-state index in [2.05, 4.69) is 4.74 Å². The predicted octanol–water partition coefficient (Wildman–Crippen LogP) is -0.780. The SMILES string of the molecule is [2H]C([2H])(C(=O)OCC)[n+]1ccccc1CCC(=O)[O-]. The van der Waals surface area contributed by atoms with E-state index in [0.29, 0.717) is 5.69 Å². The molecule has 5 heteroatoms. The number of hydrogen-bond acceptors (Lipinski definition) is 4. The topological polar surface area (TPSA) is 70.3 Å². The van der Waals surface area contributed by atoms with Crippen molar-refractivity contribution < 1.29 is 26.7 Å². The van der Waals surface area contributed by atoms with Gasteiger partial charge in [-0.05, 0) is 13.3 Å². The average molecular weight is 239 g/mol. The van der Waals surface area contributed by atoms with Crippen molar-refractivity contribution in [3.8, 4) is 0 Å². The molecule has 1 aromatic heterocycles. The minimum atomic E-state index is -2.38. The predicted molar refractivity (Wildman–Crippen MR) is 56.6 cm³/mol. The molecule has 0 aliphatic heterocycles. The Morgan fingerprint density at radius 2 is 2.29 bits per heavy atom. The molecule has 92 valence electrons. The third-order valence-corrected chi connectivity index (χ3v) is 2.02. The van der Waals surface area contributed by atoms with Crippen LogP contribution in [0.15, 0.2) is 24.4 Å². The molecule has 0 saturated heterocycles. The highest BCUT2D eigenvalue weighted by Crippen LogP contribution is 1.96. The van der Waals surface area contributed by atoms with E-state index in [1.54, 1.807) is 25.1 Å². The van der Waals surface area contributed by atoms with E-state index in [9.17, 15) is 14.7 Å². The molecular formula is C12H15NO4. The maximum absolute atomic E-state index is 11.6. The van der Waals surface area contributed by atoms with Crippen LogP contribution >= 0.6 is 0 Å². The number of ether oxygens (including phenoxy) is 1. The summed E-state index contributed by atoms with van der Waals surface area (Å²) in [5.74, 6) is -2.24. The minimum Gasteiger partial charge on any atom is -0.550 e. The first-order valence-corrected chi connectivity index (χ1v) is 5.26. The number of nitrogens with zero attached hydrogens (tertiary/aromatic N) is 1. The summed E-state index contributed by atoms with van der Waals surface area (Å²) in [5.41, 5.74) is 0.379. The summed E-state index contributed by atoms with van der Waals surface area (Å²) in [5, 5.41) is 10.5. The number of rotatable bonds is 6. The first-order valence-electron chi connectivity index (χ1n) is 6.26. The monoisotopic (exact) mass is 239 g/mol. The van der Waals surface area contributed by atoms with Gasteiger partial charge in [0, 0.05) is 24.5 Å². The lowest BCUT2D eigenvalue weighted by Gasteiger charge is -2.04. The number of carboxylic acid groups (broad SMARTS) is 1. The number of pyridine rings is 1. The molecule has 5 nitrogen and oxygen atoms in total. The van der Waals surface area contributed by atoms with Crippen LogP contribution in [-0.2, 0) is 27.2 Å². The van der Waals surface area contributed by atoms with E-state index in [4.69, 9.17) is 2.74 Å². The van der Waals surface area contributed by atoms with Gasteiger partial charge in [0.25, 0.3) is 0 Å². The van der Waals surface area contributed by atoms with E-state index in [0.717, 1.165) is 4.57 Å². The van der Waals surface area contributed by atoms with Crippen molar-refractivity contribution >= 4 is 11.9 Å². The standard InChI is InChI=1S/C12H15NO4/c1-2-17-12(16)9-13-8-4-3-5-10(13)6-7-11(14)15/h3-5,8H,2,6-7,9H2,1H3/i9D2. The second-order valence-corrected chi connectivity index (χ2v) is 3.27. The fraction of sp³-hybridized carbons (Fsp3) is 0.417. The van der Waals surface area contributed by atoms with Gasteiger partial charge in [0.2, 0.25) is 6.50 Å². The summed E-state index contributed by atoms with van der Waals surface area (Å²) in [4.78, 5) is 22.1. The zero-order chi connectivity index (χ0) is 14.5. The van der Waals surface area contributed by atoms with Crippen LogP contribution in [0.3, 0.4) is 0 Å². The summed E-state index contributed by atoms with van der Waals surface area (Å²) in [6, 6.07) is 4.75. The van der Waals surface area contributed by atoms with E-state index in [1.807, 2.05) is 0 Å². The van der Waals surface area contributed by atoms with Crippen molar-refractivity contribution in [2.45, 2.75) is 26.3 Å². The largest absolute Gasteiger partial charge is 0.550 e. The van der Waals surface area contributed by atoms with E-state index in [1.165, 1.54) is 6.20 Å². The number of carbonyl (C=O) groups excluding carboxylic acids is 2. The van der Waals surface area contributed by atoms with Gasteiger partial charge in [0.15, 0.2) is 11.9 Å². The number of carboxylic acids is 1. The molecule has 0 saturated carbocycles. The van der Waals surface area contributed by atoms with Crippen molar-refractivity contribution in [1.29, 1.82) is 0 Å². The Hall–Kier alpha value is -1.91. The normalized spacial score (nSPS) is 12.5. The van der Waals surface area contributed by atoms with Crippen LogP contribution in [0.4, 0.5) is 0 Å². The first kappa shape index (κ1) is 10.3. The first-order chi connectivity index (χ1) is 8.89. The summed E-state index contributed by atoms with van der Waals surface area (Å²) in [7, 11) is 0. The zero-order valence-corrected chi connectivity index (χ0v) is 9.51. The van der Waals surface area contributed by atoms with Crippen LogP contribution in [0.1, 0.15) is 21.8 Å². The van der Waals surface area contributed by atoms with E-state index < -0.39 is 18.4 Å². The van der Waals surface area contributed by atoms with Gasteiger partial charge >= 0.3 is 5.97 Å². The van der Waals surface area contributed by atoms with Crippen LogP contribution < -0.4 is 9.67 Å². The van der Waals surface area contributed by atoms with Crippen molar-refractivity contribution in [1.82, 2.24) is 0 Å².